The summed E-state index contributed by atoms with van der Waals surface area (Å²) in [6.45, 7) is 3.56. The minimum absolute atomic E-state index is 0.0833. The third-order valence-corrected chi connectivity index (χ3v) is 4.54. The van der Waals surface area contributed by atoms with Crippen molar-refractivity contribution in [3.05, 3.63) is 53.3 Å². The molecule has 0 unspecified atom stereocenters. The molecule has 0 fully saturated rings. The number of hydrogen-bond acceptors (Lipinski definition) is 3. The first-order valence-electron chi connectivity index (χ1n) is 6.27. The molecule has 0 atom stereocenters. The van der Waals surface area contributed by atoms with Crippen molar-refractivity contribution in [3.63, 3.8) is 0 Å². The number of rotatable bonds is 4. The first-order chi connectivity index (χ1) is 9.83. The van der Waals surface area contributed by atoms with Gasteiger partial charge < -0.3 is 4.74 Å². The molecule has 0 spiro atoms. The first-order valence-corrected chi connectivity index (χ1v) is 7.75. The van der Waals surface area contributed by atoms with Crippen molar-refractivity contribution in [2.45, 2.75) is 18.7 Å². The molecule has 0 aromatic heterocycles. The average molecular weight is 309 g/mol. The van der Waals surface area contributed by atoms with Crippen LogP contribution in [0.2, 0.25) is 0 Å². The Morgan fingerprint density at radius 3 is 2.29 bits per heavy atom. The minimum Gasteiger partial charge on any atom is -0.495 e. The van der Waals surface area contributed by atoms with Crippen LogP contribution >= 0.6 is 0 Å². The van der Waals surface area contributed by atoms with E-state index in [1.165, 1.54) is 31.4 Å². The number of aryl methyl sites for hydroxylation is 2. The lowest BCUT2D eigenvalue weighted by Gasteiger charge is -2.15. The van der Waals surface area contributed by atoms with E-state index >= 15 is 0 Å². The van der Waals surface area contributed by atoms with E-state index in [2.05, 4.69) is 4.72 Å². The molecule has 0 saturated heterocycles. The second kappa shape index (κ2) is 5.73. The van der Waals surface area contributed by atoms with Gasteiger partial charge in [0.2, 0.25) is 0 Å². The highest BCUT2D eigenvalue weighted by atomic mass is 32.2. The fourth-order valence-electron chi connectivity index (χ4n) is 2.14. The van der Waals surface area contributed by atoms with Crippen molar-refractivity contribution in [2.24, 2.45) is 0 Å². The Balaban J connectivity index is 2.47. The van der Waals surface area contributed by atoms with Crippen molar-refractivity contribution in [1.29, 1.82) is 0 Å². The second-order valence-electron chi connectivity index (χ2n) is 4.73. The predicted molar refractivity (Wildman–Crippen MR) is 79.7 cm³/mol. The molecule has 0 heterocycles. The fraction of sp³-hybridized carbons (Fsp3) is 0.200. The molecule has 0 saturated carbocycles. The molecule has 112 valence electrons. The molecular weight excluding hydrogens is 293 g/mol. The average Bonchev–Trinajstić information content (AvgIpc) is 2.39. The van der Waals surface area contributed by atoms with Crippen LogP contribution in [0.4, 0.5) is 10.1 Å². The van der Waals surface area contributed by atoms with Gasteiger partial charge >= 0.3 is 0 Å². The molecule has 1 N–H and O–H groups in total. The Labute approximate surface area is 123 Å². The number of anilines is 1. The van der Waals surface area contributed by atoms with Crippen molar-refractivity contribution >= 4 is 15.7 Å². The Bertz CT molecular complexity index is 755. The summed E-state index contributed by atoms with van der Waals surface area (Å²) in [5.41, 5.74) is 1.78. The minimum atomic E-state index is -3.81. The van der Waals surface area contributed by atoms with Gasteiger partial charge in [-0.05, 0) is 55.3 Å². The number of nitrogens with one attached hydrogen (secondary N) is 1. The second-order valence-corrected chi connectivity index (χ2v) is 6.34. The zero-order valence-corrected chi connectivity index (χ0v) is 12.8. The monoisotopic (exact) mass is 309 g/mol. The smallest absolute Gasteiger partial charge is 0.265 e. The highest BCUT2D eigenvalue weighted by Gasteiger charge is 2.22. The van der Waals surface area contributed by atoms with Gasteiger partial charge in [0.25, 0.3) is 10.0 Å². The maximum absolute atomic E-state index is 12.9. The quantitative estimate of drug-likeness (QED) is 0.943. The van der Waals surface area contributed by atoms with Crippen LogP contribution in [0.25, 0.3) is 0 Å². The summed E-state index contributed by atoms with van der Waals surface area (Å²) in [4.78, 5) is 0.0833. The van der Waals surface area contributed by atoms with Gasteiger partial charge in [-0.2, -0.15) is 0 Å². The van der Waals surface area contributed by atoms with Gasteiger partial charge in [-0.15, -0.1) is 0 Å². The number of benzene rings is 2. The lowest BCUT2D eigenvalue weighted by atomic mass is 10.1. The maximum Gasteiger partial charge on any atom is 0.265 e. The number of ether oxygens (including phenoxy) is 1. The number of sulfonamides is 1. The van der Waals surface area contributed by atoms with Gasteiger partial charge in [-0.3, -0.25) is 4.72 Å². The normalized spacial score (nSPS) is 11.2. The van der Waals surface area contributed by atoms with E-state index < -0.39 is 15.8 Å². The Hall–Kier alpha value is -2.08. The van der Waals surface area contributed by atoms with Gasteiger partial charge in [0.05, 0.1) is 7.11 Å². The molecule has 0 amide bonds. The van der Waals surface area contributed by atoms with E-state index in [1.54, 1.807) is 19.1 Å². The molecule has 2 rings (SSSR count). The molecular formula is C15H16FNO3S. The molecule has 0 aliphatic rings. The van der Waals surface area contributed by atoms with Gasteiger partial charge in [0.1, 0.15) is 16.5 Å². The summed E-state index contributed by atoms with van der Waals surface area (Å²) >= 11 is 0. The summed E-state index contributed by atoms with van der Waals surface area (Å²) in [6.07, 6.45) is 0. The highest BCUT2D eigenvalue weighted by molar-refractivity contribution is 7.92. The van der Waals surface area contributed by atoms with Gasteiger partial charge in [-0.1, -0.05) is 6.07 Å². The van der Waals surface area contributed by atoms with E-state index in [9.17, 15) is 12.8 Å². The molecule has 0 aliphatic carbocycles. The number of halogens is 1. The fourth-order valence-corrected chi connectivity index (χ4v) is 3.57. The zero-order chi connectivity index (χ0) is 15.6. The summed E-state index contributed by atoms with van der Waals surface area (Å²) in [6, 6.07) is 8.54. The molecule has 2 aromatic carbocycles. The van der Waals surface area contributed by atoms with Crippen LogP contribution in [0.15, 0.2) is 41.3 Å². The van der Waals surface area contributed by atoms with Crippen LogP contribution in [0.3, 0.4) is 0 Å². The van der Waals surface area contributed by atoms with Crippen LogP contribution in [0, 0.1) is 19.7 Å². The summed E-state index contributed by atoms with van der Waals surface area (Å²) in [5, 5.41) is 0. The summed E-state index contributed by atoms with van der Waals surface area (Å²) in [7, 11) is -2.39. The van der Waals surface area contributed by atoms with E-state index in [0.29, 0.717) is 11.3 Å². The zero-order valence-electron chi connectivity index (χ0n) is 12.0. The SMILES string of the molecule is COc1cc(C)cc(C)c1S(=O)(=O)Nc1ccc(F)cc1. The molecule has 0 radical (unpaired) electrons. The number of methoxy groups -OCH3 is 1. The van der Waals surface area contributed by atoms with Gasteiger partial charge in [-0.25, -0.2) is 12.8 Å². The van der Waals surface area contributed by atoms with Crippen molar-refractivity contribution in [2.75, 3.05) is 11.8 Å². The summed E-state index contributed by atoms with van der Waals surface area (Å²) < 4.78 is 45.5. The Kier molecular flexibility index (Phi) is 4.18. The van der Waals surface area contributed by atoms with Gasteiger partial charge in [0, 0.05) is 5.69 Å². The molecule has 6 heteroatoms. The van der Waals surface area contributed by atoms with E-state index in [-0.39, 0.29) is 10.6 Å². The van der Waals surface area contributed by atoms with Crippen LogP contribution in [0.5, 0.6) is 5.75 Å². The van der Waals surface area contributed by atoms with Crippen LogP contribution < -0.4 is 9.46 Å². The van der Waals surface area contributed by atoms with Crippen LogP contribution in [-0.2, 0) is 10.0 Å². The van der Waals surface area contributed by atoms with E-state index in [4.69, 9.17) is 4.74 Å². The molecule has 0 aliphatic heterocycles. The third-order valence-electron chi connectivity index (χ3n) is 2.97. The van der Waals surface area contributed by atoms with E-state index in [1.807, 2.05) is 6.92 Å². The molecule has 0 bridgehead atoms. The maximum atomic E-state index is 12.9. The van der Waals surface area contributed by atoms with E-state index in [0.717, 1.165) is 5.56 Å². The third kappa shape index (κ3) is 3.33. The predicted octanol–water partition coefficient (Wildman–Crippen LogP) is 3.25. The number of hydrogen-bond donors (Lipinski definition) is 1. The highest BCUT2D eigenvalue weighted by Crippen LogP contribution is 2.30. The van der Waals surface area contributed by atoms with Crippen molar-refractivity contribution < 1.29 is 17.5 Å². The first kappa shape index (κ1) is 15.3. The van der Waals surface area contributed by atoms with Crippen molar-refractivity contribution in [1.82, 2.24) is 0 Å². The summed E-state index contributed by atoms with van der Waals surface area (Å²) in [5.74, 6) is -0.149. The standard InChI is InChI=1S/C15H16FNO3S/c1-10-8-11(2)15(14(9-10)20-3)21(18,19)17-13-6-4-12(16)5-7-13/h4-9,17H,1-3H3. The van der Waals surface area contributed by atoms with Crippen LogP contribution in [0.1, 0.15) is 11.1 Å². The molecule has 4 nitrogen and oxygen atoms in total. The molecule has 2 aromatic rings. The Morgan fingerprint density at radius 2 is 1.71 bits per heavy atom. The Morgan fingerprint density at radius 1 is 1.10 bits per heavy atom. The lowest BCUT2D eigenvalue weighted by Crippen LogP contribution is -2.15. The van der Waals surface area contributed by atoms with Crippen LogP contribution in [-0.4, -0.2) is 15.5 Å². The van der Waals surface area contributed by atoms with Crippen molar-refractivity contribution in [3.8, 4) is 5.75 Å². The lowest BCUT2D eigenvalue weighted by molar-refractivity contribution is 0.402. The largest absolute Gasteiger partial charge is 0.495 e. The molecule has 21 heavy (non-hydrogen) atoms. The topological polar surface area (TPSA) is 55.4 Å². The van der Waals surface area contributed by atoms with Gasteiger partial charge in [0.15, 0.2) is 0 Å².